The van der Waals surface area contributed by atoms with Crippen LogP contribution in [-0.4, -0.2) is 20.4 Å². The number of halogens is 1. The molecule has 0 amide bonds. The van der Waals surface area contributed by atoms with Gasteiger partial charge in [-0.15, -0.1) is 5.10 Å². The van der Waals surface area contributed by atoms with Crippen LogP contribution in [-0.2, 0) is 6.42 Å². The Morgan fingerprint density at radius 3 is 2.87 bits per heavy atom. The molecule has 0 aliphatic carbocycles. The lowest BCUT2D eigenvalue weighted by atomic mass is 10.2. The van der Waals surface area contributed by atoms with Crippen LogP contribution in [0.4, 0.5) is 0 Å². The van der Waals surface area contributed by atoms with Crippen LogP contribution in [0.5, 0.6) is 0 Å². The van der Waals surface area contributed by atoms with Gasteiger partial charge in [0.2, 0.25) is 0 Å². The van der Waals surface area contributed by atoms with Crippen molar-refractivity contribution in [2.24, 2.45) is 0 Å². The van der Waals surface area contributed by atoms with E-state index in [0.29, 0.717) is 4.88 Å². The van der Waals surface area contributed by atoms with E-state index in [-0.39, 0.29) is 12.2 Å². The normalized spacial score (nSPS) is 10.2. The van der Waals surface area contributed by atoms with Crippen LogP contribution in [0.3, 0.4) is 0 Å². The third kappa shape index (κ3) is 2.66. The summed E-state index contributed by atoms with van der Waals surface area (Å²) in [5.74, 6) is -0.000164. The highest BCUT2D eigenvalue weighted by Gasteiger charge is 2.09. The van der Waals surface area contributed by atoms with Crippen LogP contribution in [0.15, 0.2) is 29.0 Å². The molecule has 0 N–H and O–H groups in total. The smallest absolute Gasteiger partial charge is 0.181 e. The first-order valence-electron chi connectivity index (χ1n) is 4.16. The van der Waals surface area contributed by atoms with E-state index in [1.807, 2.05) is 12.1 Å². The fourth-order valence-electron chi connectivity index (χ4n) is 1.05. The van der Waals surface area contributed by atoms with Gasteiger partial charge in [-0.25, -0.2) is 0 Å². The van der Waals surface area contributed by atoms with Crippen molar-refractivity contribution in [3.63, 3.8) is 0 Å². The highest BCUT2D eigenvalue weighted by atomic mass is 79.9. The van der Waals surface area contributed by atoms with E-state index in [9.17, 15) is 4.79 Å². The maximum Gasteiger partial charge on any atom is 0.181 e. The molecule has 4 nitrogen and oxygen atoms in total. The fraction of sp³-hybridized carbons (Fsp3) is 0.111. The lowest BCUT2D eigenvalue weighted by molar-refractivity contribution is 0.0995. The van der Waals surface area contributed by atoms with Gasteiger partial charge in [0.15, 0.2) is 5.78 Å². The first-order chi connectivity index (χ1) is 7.25. The zero-order valence-electron chi connectivity index (χ0n) is 7.55. The maximum absolute atomic E-state index is 11.6. The third-order valence-electron chi connectivity index (χ3n) is 1.77. The van der Waals surface area contributed by atoms with E-state index in [0.717, 1.165) is 21.7 Å². The summed E-state index contributed by atoms with van der Waals surface area (Å²) in [5.41, 5.74) is 0.747. The molecule has 0 saturated carbocycles. The number of hydrogen-bond donors (Lipinski definition) is 0. The van der Waals surface area contributed by atoms with Crippen molar-refractivity contribution in [3.8, 4) is 0 Å². The predicted molar refractivity (Wildman–Crippen MR) is 59.9 cm³/mol. The van der Waals surface area contributed by atoms with Gasteiger partial charge in [-0.3, -0.25) is 9.78 Å². The molecule has 2 rings (SSSR count). The number of pyridine rings is 1. The molecule has 15 heavy (non-hydrogen) atoms. The molecular weight excluding hydrogens is 278 g/mol. The first kappa shape index (κ1) is 10.4. The lowest BCUT2D eigenvalue weighted by Crippen LogP contribution is -2.02. The topological polar surface area (TPSA) is 55.7 Å². The highest BCUT2D eigenvalue weighted by Crippen LogP contribution is 2.11. The second kappa shape index (κ2) is 4.59. The summed E-state index contributed by atoms with van der Waals surface area (Å²) < 4.78 is 4.54. The SMILES string of the molecule is O=C(Cc1ccc(Br)cn1)c1cnns1. The van der Waals surface area contributed by atoms with E-state index < -0.39 is 0 Å². The summed E-state index contributed by atoms with van der Waals surface area (Å²) in [7, 11) is 0. The second-order valence-electron chi connectivity index (χ2n) is 2.85. The molecule has 2 aromatic rings. The average molecular weight is 284 g/mol. The molecule has 0 saturated heterocycles. The summed E-state index contributed by atoms with van der Waals surface area (Å²) in [6.07, 6.45) is 3.44. The summed E-state index contributed by atoms with van der Waals surface area (Å²) in [6.45, 7) is 0. The van der Waals surface area contributed by atoms with Gasteiger partial charge in [-0.1, -0.05) is 4.49 Å². The van der Waals surface area contributed by atoms with Gasteiger partial charge >= 0.3 is 0 Å². The van der Waals surface area contributed by atoms with Crippen molar-refractivity contribution in [3.05, 3.63) is 39.6 Å². The monoisotopic (exact) mass is 283 g/mol. The van der Waals surface area contributed by atoms with Crippen LogP contribution in [0, 0.1) is 0 Å². The molecule has 6 heteroatoms. The van der Waals surface area contributed by atoms with Gasteiger partial charge in [0.1, 0.15) is 4.88 Å². The molecule has 2 heterocycles. The zero-order chi connectivity index (χ0) is 10.7. The van der Waals surface area contributed by atoms with Crippen LogP contribution < -0.4 is 0 Å². The van der Waals surface area contributed by atoms with Crippen molar-refractivity contribution >= 4 is 33.2 Å². The molecule has 0 spiro atoms. The number of hydrogen-bond acceptors (Lipinski definition) is 5. The van der Waals surface area contributed by atoms with E-state index in [2.05, 4.69) is 30.5 Å². The van der Waals surface area contributed by atoms with E-state index in [4.69, 9.17) is 0 Å². The molecule has 0 atom stereocenters. The number of Topliss-reactive ketones (excluding diaryl/α,β-unsaturated/α-hetero) is 1. The standard InChI is InChI=1S/C9H6BrN3OS/c10-6-1-2-7(11-4-6)3-8(14)9-5-12-13-15-9/h1-2,4-5H,3H2. The summed E-state index contributed by atoms with van der Waals surface area (Å²) in [6, 6.07) is 3.68. The van der Waals surface area contributed by atoms with Crippen LogP contribution in [0.25, 0.3) is 0 Å². The second-order valence-corrected chi connectivity index (χ2v) is 4.55. The molecule has 0 aliphatic rings. The molecule has 0 aliphatic heterocycles. The Labute approximate surface area is 98.7 Å². The fourth-order valence-corrected chi connectivity index (χ4v) is 1.74. The maximum atomic E-state index is 11.6. The zero-order valence-corrected chi connectivity index (χ0v) is 9.96. The van der Waals surface area contributed by atoms with Crippen molar-refractivity contribution in [1.82, 2.24) is 14.6 Å². The first-order valence-corrected chi connectivity index (χ1v) is 5.73. The number of carbonyl (C=O) groups is 1. The van der Waals surface area contributed by atoms with E-state index in [1.54, 1.807) is 6.20 Å². The minimum absolute atomic E-state index is 0.000164. The summed E-state index contributed by atoms with van der Waals surface area (Å²) in [5, 5.41) is 3.62. The number of aromatic nitrogens is 3. The molecule has 0 fully saturated rings. The van der Waals surface area contributed by atoms with Crippen LogP contribution >= 0.6 is 27.5 Å². The molecule has 0 radical (unpaired) electrons. The number of rotatable bonds is 3. The van der Waals surface area contributed by atoms with Crippen LogP contribution in [0.1, 0.15) is 15.4 Å². The van der Waals surface area contributed by atoms with Crippen molar-refractivity contribution in [2.75, 3.05) is 0 Å². The lowest BCUT2D eigenvalue weighted by Gasteiger charge is -1.97. The van der Waals surface area contributed by atoms with Gasteiger partial charge in [0, 0.05) is 16.4 Å². The van der Waals surface area contributed by atoms with E-state index >= 15 is 0 Å². The van der Waals surface area contributed by atoms with Gasteiger partial charge in [0.05, 0.1) is 12.6 Å². The highest BCUT2D eigenvalue weighted by molar-refractivity contribution is 9.10. The van der Waals surface area contributed by atoms with Gasteiger partial charge in [-0.05, 0) is 39.6 Å². The quantitative estimate of drug-likeness (QED) is 0.810. The average Bonchev–Trinajstić information content (AvgIpc) is 2.74. The Balaban J connectivity index is 2.09. The Bertz CT molecular complexity index is 455. The van der Waals surface area contributed by atoms with Crippen molar-refractivity contribution < 1.29 is 4.79 Å². The minimum Gasteiger partial charge on any atom is -0.293 e. The number of carbonyl (C=O) groups excluding carboxylic acids is 1. The molecule has 0 unspecified atom stereocenters. The Hall–Kier alpha value is -1.14. The van der Waals surface area contributed by atoms with Gasteiger partial charge < -0.3 is 0 Å². The van der Waals surface area contributed by atoms with Crippen molar-refractivity contribution in [2.45, 2.75) is 6.42 Å². The molecule has 76 valence electrons. The Kier molecular flexibility index (Phi) is 3.17. The van der Waals surface area contributed by atoms with Gasteiger partial charge in [0.25, 0.3) is 0 Å². The molecular formula is C9H6BrN3OS. The largest absolute Gasteiger partial charge is 0.293 e. The third-order valence-corrected chi connectivity index (χ3v) is 2.94. The molecule has 0 bridgehead atoms. The Morgan fingerprint density at radius 1 is 1.40 bits per heavy atom. The van der Waals surface area contributed by atoms with Gasteiger partial charge in [-0.2, -0.15) is 0 Å². The predicted octanol–water partition coefficient (Wildman–Crippen LogP) is 2.12. The number of nitrogens with zero attached hydrogens (tertiary/aromatic N) is 3. The summed E-state index contributed by atoms with van der Waals surface area (Å²) >= 11 is 4.39. The number of ketones is 1. The molecule has 0 aromatic carbocycles. The minimum atomic E-state index is -0.000164. The van der Waals surface area contributed by atoms with Crippen molar-refractivity contribution in [1.29, 1.82) is 0 Å². The summed E-state index contributed by atoms with van der Waals surface area (Å²) in [4.78, 5) is 16.3. The van der Waals surface area contributed by atoms with E-state index in [1.165, 1.54) is 6.20 Å². The Morgan fingerprint density at radius 2 is 2.27 bits per heavy atom. The van der Waals surface area contributed by atoms with Crippen LogP contribution in [0.2, 0.25) is 0 Å². The molecule has 2 aromatic heterocycles.